The van der Waals surface area contributed by atoms with Crippen LogP contribution in [0.1, 0.15) is 30.5 Å². The maximum absolute atomic E-state index is 3.56. The van der Waals surface area contributed by atoms with Crippen molar-refractivity contribution in [3.63, 3.8) is 0 Å². The Morgan fingerprint density at radius 2 is 2.24 bits per heavy atom. The Bertz CT molecular complexity index is 500. The summed E-state index contributed by atoms with van der Waals surface area (Å²) in [4.78, 5) is 3.31. The van der Waals surface area contributed by atoms with Crippen LogP contribution in [0.3, 0.4) is 0 Å². The molecule has 2 aromatic rings. The third-order valence-corrected chi connectivity index (χ3v) is 3.61. The van der Waals surface area contributed by atoms with Crippen LogP contribution >= 0.6 is 0 Å². The number of aromatic nitrogens is 1. The van der Waals surface area contributed by atoms with Crippen molar-refractivity contribution in [3.05, 3.63) is 47.7 Å². The van der Waals surface area contributed by atoms with Crippen LogP contribution in [0.4, 0.5) is 0 Å². The van der Waals surface area contributed by atoms with Gasteiger partial charge in [0.2, 0.25) is 0 Å². The summed E-state index contributed by atoms with van der Waals surface area (Å²) >= 11 is 0. The number of hydrogen-bond donors (Lipinski definition) is 2. The zero-order chi connectivity index (χ0) is 11.7. The number of rotatable bonds is 3. The lowest BCUT2D eigenvalue weighted by molar-refractivity contribution is 0.549. The molecule has 0 saturated heterocycles. The molecular formula is C15H18N2. The molecule has 0 saturated carbocycles. The third-order valence-electron chi connectivity index (χ3n) is 3.61. The molecular weight excluding hydrogens is 208 g/mol. The van der Waals surface area contributed by atoms with Gasteiger partial charge in [-0.15, -0.1) is 0 Å². The monoisotopic (exact) mass is 226 g/mol. The summed E-state index contributed by atoms with van der Waals surface area (Å²) in [5.74, 6) is 0. The van der Waals surface area contributed by atoms with Crippen molar-refractivity contribution in [2.24, 2.45) is 0 Å². The maximum Gasteiger partial charge on any atom is 0.0456 e. The van der Waals surface area contributed by atoms with Crippen molar-refractivity contribution in [2.45, 2.75) is 25.8 Å². The van der Waals surface area contributed by atoms with Crippen molar-refractivity contribution in [1.29, 1.82) is 0 Å². The second-order valence-corrected chi connectivity index (χ2v) is 4.61. The van der Waals surface area contributed by atoms with Crippen LogP contribution in [0.5, 0.6) is 0 Å². The smallest absolute Gasteiger partial charge is 0.0456 e. The Kier molecular flexibility index (Phi) is 2.73. The van der Waals surface area contributed by atoms with Gasteiger partial charge in [0.05, 0.1) is 0 Å². The highest BCUT2D eigenvalue weighted by atomic mass is 14.9. The van der Waals surface area contributed by atoms with Crippen LogP contribution < -0.4 is 5.32 Å². The van der Waals surface area contributed by atoms with E-state index in [1.165, 1.54) is 35.2 Å². The quantitative estimate of drug-likeness (QED) is 0.826. The highest BCUT2D eigenvalue weighted by Crippen LogP contribution is 2.36. The summed E-state index contributed by atoms with van der Waals surface area (Å²) in [6, 6.07) is 11.4. The molecule has 1 aliphatic carbocycles. The second kappa shape index (κ2) is 4.38. The van der Waals surface area contributed by atoms with Crippen LogP contribution in [-0.2, 0) is 6.42 Å². The molecule has 17 heavy (non-hydrogen) atoms. The van der Waals surface area contributed by atoms with E-state index in [4.69, 9.17) is 0 Å². The molecule has 2 heteroatoms. The van der Waals surface area contributed by atoms with E-state index in [0.717, 1.165) is 6.54 Å². The lowest BCUT2D eigenvalue weighted by Gasteiger charge is -2.13. The van der Waals surface area contributed by atoms with Gasteiger partial charge in [-0.2, -0.15) is 0 Å². The fraction of sp³-hybridized carbons (Fsp3) is 0.333. The fourth-order valence-corrected chi connectivity index (χ4v) is 2.86. The summed E-state index contributed by atoms with van der Waals surface area (Å²) in [5.41, 5.74) is 5.60. The number of hydrogen-bond acceptors (Lipinski definition) is 1. The Morgan fingerprint density at radius 3 is 3.00 bits per heavy atom. The van der Waals surface area contributed by atoms with Crippen LogP contribution in [0, 0.1) is 0 Å². The van der Waals surface area contributed by atoms with E-state index >= 15 is 0 Å². The van der Waals surface area contributed by atoms with Crippen molar-refractivity contribution in [3.8, 4) is 11.3 Å². The minimum atomic E-state index is 0.546. The summed E-state index contributed by atoms with van der Waals surface area (Å²) in [5, 5.41) is 3.56. The Balaban J connectivity index is 2.04. The van der Waals surface area contributed by atoms with Gasteiger partial charge in [0.25, 0.3) is 0 Å². The Morgan fingerprint density at radius 1 is 1.29 bits per heavy atom. The van der Waals surface area contributed by atoms with Crippen LogP contribution in [0.2, 0.25) is 0 Å². The van der Waals surface area contributed by atoms with Crippen LogP contribution in [0.25, 0.3) is 11.3 Å². The molecule has 0 spiro atoms. The van der Waals surface area contributed by atoms with E-state index in [1.54, 1.807) is 0 Å². The predicted octanol–water partition coefficient (Wildman–Crippen LogP) is 3.28. The Labute approximate surface area is 102 Å². The Hall–Kier alpha value is -1.54. The van der Waals surface area contributed by atoms with Crippen molar-refractivity contribution >= 4 is 0 Å². The third kappa shape index (κ3) is 1.79. The highest BCUT2D eigenvalue weighted by Gasteiger charge is 2.23. The lowest BCUT2D eigenvalue weighted by atomic mass is 10.00. The van der Waals surface area contributed by atoms with Gasteiger partial charge in [0, 0.05) is 23.5 Å². The summed E-state index contributed by atoms with van der Waals surface area (Å²) < 4.78 is 0. The van der Waals surface area contributed by atoms with Crippen molar-refractivity contribution in [1.82, 2.24) is 10.3 Å². The lowest BCUT2D eigenvalue weighted by Crippen LogP contribution is -2.18. The predicted molar refractivity (Wildman–Crippen MR) is 71.0 cm³/mol. The van der Waals surface area contributed by atoms with Gasteiger partial charge in [-0.1, -0.05) is 25.1 Å². The zero-order valence-electron chi connectivity index (χ0n) is 10.2. The van der Waals surface area contributed by atoms with E-state index in [-0.39, 0.29) is 0 Å². The maximum atomic E-state index is 3.56. The van der Waals surface area contributed by atoms with Crippen LogP contribution in [0.15, 0.2) is 36.5 Å². The van der Waals surface area contributed by atoms with E-state index in [1.807, 2.05) is 6.20 Å². The SMILES string of the molecule is CCNC1CCc2c(-c3ccc[nH]3)cccc21. The number of fused-ring (bicyclic) bond motifs is 1. The number of nitrogens with one attached hydrogen (secondary N) is 2. The average Bonchev–Trinajstić information content (AvgIpc) is 2.98. The molecule has 88 valence electrons. The standard InChI is InChI=1S/C15H18N2/c1-2-16-15-9-8-11-12(5-3-6-13(11)15)14-7-4-10-17-14/h3-7,10,15-17H,2,8-9H2,1H3. The largest absolute Gasteiger partial charge is 0.361 e. The molecule has 1 atom stereocenters. The van der Waals surface area contributed by atoms with Gasteiger partial charge >= 0.3 is 0 Å². The molecule has 0 amide bonds. The van der Waals surface area contributed by atoms with Gasteiger partial charge in [-0.3, -0.25) is 0 Å². The molecule has 1 aromatic heterocycles. The first-order chi connectivity index (χ1) is 8.40. The minimum Gasteiger partial charge on any atom is -0.361 e. The summed E-state index contributed by atoms with van der Waals surface area (Å²) in [6.07, 6.45) is 4.40. The minimum absolute atomic E-state index is 0.546. The zero-order valence-corrected chi connectivity index (χ0v) is 10.2. The number of aromatic amines is 1. The van der Waals surface area contributed by atoms with E-state index in [2.05, 4.69) is 47.6 Å². The molecule has 2 N–H and O–H groups in total. The molecule has 0 radical (unpaired) electrons. The van der Waals surface area contributed by atoms with E-state index in [0.29, 0.717) is 6.04 Å². The summed E-state index contributed by atoms with van der Waals surface area (Å²) in [7, 11) is 0. The first kappa shape index (κ1) is 10.6. The van der Waals surface area contributed by atoms with Crippen molar-refractivity contribution in [2.75, 3.05) is 6.54 Å². The van der Waals surface area contributed by atoms with E-state index in [9.17, 15) is 0 Å². The van der Waals surface area contributed by atoms with Gasteiger partial charge in [0.15, 0.2) is 0 Å². The van der Waals surface area contributed by atoms with Gasteiger partial charge in [0.1, 0.15) is 0 Å². The van der Waals surface area contributed by atoms with Gasteiger partial charge < -0.3 is 10.3 Å². The molecule has 1 aliphatic rings. The molecule has 2 nitrogen and oxygen atoms in total. The average molecular weight is 226 g/mol. The number of benzene rings is 1. The van der Waals surface area contributed by atoms with Gasteiger partial charge in [-0.05, 0) is 42.6 Å². The first-order valence-corrected chi connectivity index (χ1v) is 6.39. The number of H-pyrrole nitrogens is 1. The molecule has 0 aliphatic heterocycles. The molecule has 0 bridgehead atoms. The first-order valence-electron chi connectivity index (χ1n) is 6.39. The molecule has 0 fully saturated rings. The topological polar surface area (TPSA) is 27.8 Å². The second-order valence-electron chi connectivity index (χ2n) is 4.61. The fourth-order valence-electron chi connectivity index (χ4n) is 2.86. The van der Waals surface area contributed by atoms with Crippen LogP contribution in [-0.4, -0.2) is 11.5 Å². The summed E-state index contributed by atoms with van der Waals surface area (Å²) in [6.45, 7) is 3.21. The normalized spacial score (nSPS) is 18.3. The molecule has 1 heterocycles. The highest BCUT2D eigenvalue weighted by molar-refractivity contribution is 5.67. The molecule has 1 aromatic carbocycles. The van der Waals surface area contributed by atoms with Crippen molar-refractivity contribution < 1.29 is 0 Å². The van der Waals surface area contributed by atoms with E-state index < -0.39 is 0 Å². The molecule has 3 rings (SSSR count). The molecule has 1 unspecified atom stereocenters. The van der Waals surface area contributed by atoms with Gasteiger partial charge in [-0.25, -0.2) is 0 Å².